The van der Waals surface area contributed by atoms with E-state index in [-0.39, 0.29) is 0 Å². The molecule has 1 aliphatic rings. The highest BCUT2D eigenvalue weighted by Crippen LogP contribution is 1.90. The van der Waals surface area contributed by atoms with Crippen LogP contribution in [-0.4, -0.2) is 6.54 Å². The Kier molecular flexibility index (Phi) is 2.24. The summed E-state index contributed by atoms with van der Waals surface area (Å²) in [6.07, 6.45) is 10.8. The Labute approximate surface area is 50.1 Å². The second-order valence-corrected chi connectivity index (χ2v) is 1.85. The summed E-state index contributed by atoms with van der Waals surface area (Å²) in [6.45, 7) is 1.08. The Hall–Kier alpha value is -0.720. The highest BCUT2D eigenvalue weighted by molar-refractivity contribution is 4.94. The molecule has 0 radical (unpaired) electrons. The van der Waals surface area contributed by atoms with E-state index in [1.165, 1.54) is 0 Å². The van der Waals surface area contributed by atoms with E-state index in [9.17, 15) is 0 Å². The third-order valence-electron chi connectivity index (χ3n) is 1.13. The molecule has 1 heteroatoms. The average molecular weight is 109 g/mol. The van der Waals surface area contributed by atoms with Crippen LogP contribution < -0.4 is 5.32 Å². The summed E-state index contributed by atoms with van der Waals surface area (Å²) in [5.41, 5.74) is 0. The van der Waals surface area contributed by atoms with E-state index in [2.05, 4.69) is 23.5 Å². The van der Waals surface area contributed by atoms with Crippen LogP contribution in [0.25, 0.3) is 0 Å². The minimum Gasteiger partial charge on any atom is -0.391 e. The van der Waals surface area contributed by atoms with Gasteiger partial charge in [-0.1, -0.05) is 18.2 Å². The lowest BCUT2D eigenvalue weighted by atomic mass is 10.3. The molecule has 0 saturated heterocycles. The Morgan fingerprint density at radius 2 is 2.12 bits per heavy atom. The molecule has 1 N–H and O–H groups in total. The van der Waals surface area contributed by atoms with Crippen LogP contribution >= 0.6 is 0 Å². The SMILES string of the molecule is C1=C\CCN/C=C\C/1. The zero-order chi connectivity index (χ0) is 5.66. The van der Waals surface area contributed by atoms with Gasteiger partial charge in [0.2, 0.25) is 0 Å². The van der Waals surface area contributed by atoms with Crippen LogP contribution in [-0.2, 0) is 0 Å². The highest BCUT2D eigenvalue weighted by atomic mass is 14.8. The van der Waals surface area contributed by atoms with E-state index in [4.69, 9.17) is 0 Å². The first-order valence-corrected chi connectivity index (χ1v) is 3.03. The summed E-state index contributed by atoms with van der Waals surface area (Å²) < 4.78 is 0. The largest absolute Gasteiger partial charge is 0.391 e. The molecule has 0 saturated carbocycles. The smallest absolute Gasteiger partial charge is 0.0175 e. The van der Waals surface area contributed by atoms with Gasteiger partial charge >= 0.3 is 0 Å². The molecule has 0 bridgehead atoms. The van der Waals surface area contributed by atoms with Crippen LogP contribution in [0.4, 0.5) is 0 Å². The van der Waals surface area contributed by atoms with Crippen molar-refractivity contribution in [3.63, 3.8) is 0 Å². The first kappa shape index (κ1) is 5.42. The van der Waals surface area contributed by atoms with Crippen molar-refractivity contribution in [3.8, 4) is 0 Å². The van der Waals surface area contributed by atoms with E-state index in [1.807, 2.05) is 6.20 Å². The number of allylic oxidation sites excluding steroid dienone is 2. The molecule has 0 aromatic heterocycles. The van der Waals surface area contributed by atoms with Gasteiger partial charge < -0.3 is 5.32 Å². The third kappa shape index (κ3) is 1.82. The predicted molar refractivity (Wildman–Crippen MR) is 35.5 cm³/mol. The molecule has 44 valence electrons. The summed E-state index contributed by atoms with van der Waals surface area (Å²) in [5, 5.41) is 3.16. The summed E-state index contributed by atoms with van der Waals surface area (Å²) in [7, 11) is 0. The van der Waals surface area contributed by atoms with Crippen LogP contribution in [0.5, 0.6) is 0 Å². The van der Waals surface area contributed by atoms with Gasteiger partial charge in [-0.15, -0.1) is 0 Å². The van der Waals surface area contributed by atoms with Gasteiger partial charge in [0.25, 0.3) is 0 Å². The van der Waals surface area contributed by atoms with E-state index >= 15 is 0 Å². The van der Waals surface area contributed by atoms with Gasteiger partial charge in [0.1, 0.15) is 0 Å². The Morgan fingerprint density at radius 1 is 1.12 bits per heavy atom. The molecule has 0 atom stereocenters. The average Bonchev–Trinajstić information content (AvgIpc) is 1.62. The normalized spacial score (nSPS) is 27.0. The van der Waals surface area contributed by atoms with Crippen molar-refractivity contribution in [1.29, 1.82) is 0 Å². The van der Waals surface area contributed by atoms with Gasteiger partial charge in [-0.25, -0.2) is 0 Å². The van der Waals surface area contributed by atoms with Crippen LogP contribution in [0.15, 0.2) is 24.4 Å². The fourth-order valence-corrected chi connectivity index (χ4v) is 0.694. The fourth-order valence-electron chi connectivity index (χ4n) is 0.694. The van der Waals surface area contributed by atoms with E-state index in [1.54, 1.807) is 0 Å². The van der Waals surface area contributed by atoms with Crippen molar-refractivity contribution < 1.29 is 0 Å². The maximum atomic E-state index is 3.16. The van der Waals surface area contributed by atoms with Gasteiger partial charge in [0.05, 0.1) is 0 Å². The maximum absolute atomic E-state index is 3.16. The summed E-state index contributed by atoms with van der Waals surface area (Å²) >= 11 is 0. The molecule has 1 rings (SSSR count). The topological polar surface area (TPSA) is 12.0 Å². The lowest BCUT2D eigenvalue weighted by Gasteiger charge is -1.97. The van der Waals surface area contributed by atoms with E-state index in [0.29, 0.717) is 0 Å². The minimum absolute atomic E-state index is 1.08. The maximum Gasteiger partial charge on any atom is 0.0175 e. The van der Waals surface area contributed by atoms with Crippen LogP contribution in [0.3, 0.4) is 0 Å². The van der Waals surface area contributed by atoms with Crippen LogP contribution in [0.1, 0.15) is 12.8 Å². The predicted octanol–water partition coefficient (Wildman–Crippen LogP) is 1.44. The number of hydrogen-bond donors (Lipinski definition) is 1. The van der Waals surface area contributed by atoms with Gasteiger partial charge in [-0.05, 0) is 19.0 Å². The minimum atomic E-state index is 1.08. The monoisotopic (exact) mass is 109 g/mol. The quantitative estimate of drug-likeness (QED) is 0.464. The summed E-state index contributed by atoms with van der Waals surface area (Å²) in [4.78, 5) is 0. The molecule has 0 spiro atoms. The molecule has 0 amide bonds. The van der Waals surface area contributed by atoms with Crippen molar-refractivity contribution in [2.45, 2.75) is 12.8 Å². The van der Waals surface area contributed by atoms with Crippen LogP contribution in [0, 0.1) is 0 Å². The number of nitrogens with one attached hydrogen (secondary N) is 1. The van der Waals surface area contributed by atoms with Crippen molar-refractivity contribution in [1.82, 2.24) is 5.32 Å². The zero-order valence-corrected chi connectivity index (χ0v) is 4.93. The molecule has 8 heavy (non-hydrogen) atoms. The molecule has 0 fully saturated rings. The van der Waals surface area contributed by atoms with Crippen molar-refractivity contribution in [2.75, 3.05) is 6.54 Å². The van der Waals surface area contributed by atoms with Gasteiger partial charge in [-0.2, -0.15) is 0 Å². The molecule has 0 aromatic rings. The van der Waals surface area contributed by atoms with Crippen LogP contribution in [0.2, 0.25) is 0 Å². The first-order chi connectivity index (χ1) is 4.00. The lowest BCUT2D eigenvalue weighted by molar-refractivity contribution is 0.840. The summed E-state index contributed by atoms with van der Waals surface area (Å²) in [5.74, 6) is 0. The molecule has 0 aliphatic carbocycles. The fraction of sp³-hybridized carbons (Fsp3) is 0.429. The third-order valence-corrected chi connectivity index (χ3v) is 1.13. The molecular weight excluding hydrogens is 98.1 g/mol. The van der Waals surface area contributed by atoms with Gasteiger partial charge in [-0.3, -0.25) is 0 Å². The molecule has 1 aliphatic heterocycles. The highest BCUT2D eigenvalue weighted by Gasteiger charge is 1.80. The van der Waals surface area contributed by atoms with Crippen molar-refractivity contribution >= 4 is 0 Å². The Morgan fingerprint density at radius 3 is 3.12 bits per heavy atom. The molecular formula is C7H11N. The first-order valence-electron chi connectivity index (χ1n) is 3.03. The van der Waals surface area contributed by atoms with Crippen molar-refractivity contribution in [3.05, 3.63) is 24.4 Å². The molecule has 1 nitrogen and oxygen atoms in total. The van der Waals surface area contributed by atoms with E-state index in [0.717, 1.165) is 19.4 Å². The van der Waals surface area contributed by atoms with Gasteiger partial charge in [0.15, 0.2) is 0 Å². The van der Waals surface area contributed by atoms with Gasteiger partial charge in [0, 0.05) is 6.54 Å². The lowest BCUT2D eigenvalue weighted by Crippen LogP contribution is -2.05. The zero-order valence-electron chi connectivity index (χ0n) is 4.93. The van der Waals surface area contributed by atoms with Crippen molar-refractivity contribution in [2.24, 2.45) is 0 Å². The molecule has 0 unspecified atom stereocenters. The summed E-state index contributed by atoms with van der Waals surface area (Å²) in [6, 6.07) is 0. The Bertz CT molecular complexity index is 91.0. The second kappa shape index (κ2) is 3.30. The van der Waals surface area contributed by atoms with E-state index < -0.39 is 0 Å². The second-order valence-electron chi connectivity index (χ2n) is 1.85. The number of rotatable bonds is 0. The number of hydrogen-bond acceptors (Lipinski definition) is 1. The standard InChI is InChI=1S/C7H11N/c1-2-4-6-8-7-5-3-1/h1-2,5,7-8H,3-4,6H2/b2-1-,7-5-. The molecule has 0 aromatic carbocycles. The Balaban J connectivity index is 2.31. The molecule has 1 heterocycles.